The maximum Gasteiger partial charge on any atom is 0.409 e. The van der Waals surface area contributed by atoms with Crippen molar-refractivity contribution in [3.63, 3.8) is 0 Å². The van der Waals surface area contributed by atoms with Crippen LogP contribution in [-0.4, -0.2) is 36.8 Å². The number of rotatable bonds is 1. The molecular weight excluding hydrogens is 230 g/mol. The van der Waals surface area contributed by atoms with Crippen molar-refractivity contribution >= 4 is 6.09 Å². The van der Waals surface area contributed by atoms with E-state index in [1.54, 1.807) is 4.90 Å². The minimum atomic E-state index is -0.208. The van der Waals surface area contributed by atoms with Gasteiger partial charge in [-0.05, 0) is 13.0 Å². The van der Waals surface area contributed by atoms with Gasteiger partial charge in [-0.2, -0.15) is 0 Å². The molecule has 1 fully saturated rings. The summed E-state index contributed by atoms with van der Waals surface area (Å²) in [5.74, 6) is 1.26. The van der Waals surface area contributed by atoms with E-state index in [0.717, 1.165) is 12.2 Å². The number of carbonyl (C=O) groups excluding carboxylic acids is 1. The number of fused-ring (bicyclic) bond motifs is 3. The van der Waals surface area contributed by atoms with Crippen molar-refractivity contribution in [1.82, 2.24) is 4.90 Å². The molecule has 3 rings (SSSR count). The predicted molar refractivity (Wildman–Crippen MR) is 66.8 cm³/mol. The van der Waals surface area contributed by atoms with Crippen LogP contribution in [0.4, 0.5) is 4.79 Å². The van der Waals surface area contributed by atoms with Gasteiger partial charge in [0.05, 0.1) is 6.61 Å². The number of hydrogen-bond donors (Lipinski definition) is 0. The molecule has 2 aliphatic heterocycles. The topological polar surface area (TPSA) is 38.8 Å². The first kappa shape index (κ1) is 11.4. The van der Waals surface area contributed by atoms with Crippen LogP contribution in [0.15, 0.2) is 24.3 Å². The van der Waals surface area contributed by atoms with Gasteiger partial charge in [-0.25, -0.2) is 4.79 Å². The Morgan fingerprint density at radius 3 is 3.17 bits per heavy atom. The molecule has 1 aromatic rings. The first-order chi connectivity index (χ1) is 8.79. The number of nitrogens with zero attached hydrogens (tertiary/aromatic N) is 1. The average molecular weight is 247 g/mol. The molecule has 1 aromatic carbocycles. The molecule has 2 aliphatic rings. The summed E-state index contributed by atoms with van der Waals surface area (Å²) in [6.07, 6.45) is 0.881. The first-order valence-corrected chi connectivity index (χ1v) is 6.47. The lowest BCUT2D eigenvalue weighted by Crippen LogP contribution is -2.44. The molecule has 4 heteroatoms. The molecule has 2 atom stereocenters. The summed E-state index contributed by atoms with van der Waals surface area (Å²) in [5, 5.41) is 0. The summed E-state index contributed by atoms with van der Waals surface area (Å²) in [7, 11) is 0. The molecule has 18 heavy (non-hydrogen) atoms. The summed E-state index contributed by atoms with van der Waals surface area (Å²) in [5.41, 5.74) is 1.22. The van der Waals surface area contributed by atoms with Crippen molar-refractivity contribution in [2.75, 3.05) is 19.7 Å². The van der Waals surface area contributed by atoms with E-state index in [9.17, 15) is 4.79 Å². The Bertz CT molecular complexity index is 460. The van der Waals surface area contributed by atoms with Gasteiger partial charge < -0.3 is 14.4 Å². The van der Waals surface area contributed by atoms with Crippen LogP contribution in [0.2, 0.25) is 0 Å². The molecule has 0 aromatic heterocycles. The third-order valence-electron chi connectivity index (χ3n) is 3.67. The molecule has 0 bridgehead atoms. The van der Waals surface area contributed by atoms with Gasteiger partial charge in [0.2, 0.25) is 0 Å². The third kappa shape index (κ3) is 1.82. The lowest BCUT2D eigenvalue weighted by molar-refractivity contribution is 0.0700. The fourth-order valence-electron chi connectivity index (χ4n) is 2.81. The molecule has 1 saturated heterocycles. The minimum Gasteiger partial charge on any atom is -0.489 e. The number of benzene rings is 1. The molecule has 1 amide bonds. The van der Waals surface area contributed by atoms with Gasteiger partial charge in [0.15, 0.2) is 0 Å². The molecule has 0 N–H and O–H groups in total. The van der Waals surface area contributed by atoms with E-state index in [2.05, 4.69) is 6.07 Å². The van der Waals surface area contributed by atoms with Gasteiger partial charge in [-0.1, -0.05) is 18.2 Å². The zero-order valence-electron chi connectivity index (χ0n) is 10.5. The second-order valence-corrected chi connectivity index (χ2v) is 4.73. The molecule has 0 radical (unpaired) electrons. The Hall–Kier alpha value is -1.71. The Kier molecular flexibility index (Phi) is 2.86. The molecule has 0 spiro atoms. The molecule has 2 heterocycles. The highest BCUT2D eigenvalue weighted by Crippen LogP contribution is 2.41. The van der Waals surface area contributed by atoms with Crippen LogP contribution in [-0.2, 0) is 4.74 Å². The van der Waals surface area contributed by atoms with Crippen LogP contribution in [0, 0.1) is 0 Å². The van der Waals surface area contributed by atoms with Crippen LogP contribution in [0.5, 0.6) is 5.75 Å². The number of hydrogen-bond acceptors (Lipinski definition) is 3. The van der Waals surface area contributed by atoms with Crippen LogP contribution < -0.4 is 4.74 Å². The zero-order valence-corrected chi connectivity index (χ0v) is 10.5. The van der Waals surface area contributed by atoms with Crippen LogP contribution >= 0.6 is 0 Å². The third-order valence-corrected chi connectivity index (χ3v) is 3.67. The largest absolute Gasteiger partial charge is 0.489 e. The zero-order chi connectivity index (χ0) is 12.5. The molecule has 2 unspecified atom stereocenters. The van der Waals surface area contributed by atoms with Crippen molar-refractivity contribution in [3.8, 4) is 5.75 Å². The average Bonchev–Trinajstić information content (AvgIpc) is 2.76. The molecular formula is C14H17NO3. The second kappa shape index (κ2) is 4.52. The molecule has 96 valence electrons. The van der Waals surface area contributed by atoms with E-state index >= 15 is 0 Å². The van der Waals surface area contributed by atoms with Crippen LogP contribution in [0.3, 0.4) is 0 Å². The van der Waals surface area contributed by atoms with Gasteiger partial charge in [-0.3, -0.25) is 0 Å². The van der Waals surface area contributed by atoms with E-state index in [1.165, 1.54) is 5.56 Å². The SMILES string of the molecule is CCOC(=O)N1CCC2Oc3ccccc3C2C1. The van der Waals surface area contributed by atoms with Crippen LogP contribution in [0.1, 0.15) is 24.8 Å². The maximum atomic E-state index is 11.8. The Morgan fingerprint density at radius 2 is 2.33 bits per heavy atom. The Balaban J connectivity index is 1.77. The molecule has 0 saturated carbocycles. The summed E-state index contributed by atoms with van der Waals surface area (Å²) in [6, 6.07) is 8.10. The van der Waals surface area contributed by atoms with Gasteiger partial charge in [0, 0.05) is 31.0 Å². The lowest BCUT2D eigenvalue weighted by Gasteiger charge is -2.33. The number of carbonyl (C=O) groups is 1. The number of amides is 1. The lowest BCUT2D eigenvalue weighted by atomic mass is 9.90. The van der Waals surface area contributed by atoms with Gasteiger partial charge >= 0.3 is 6.09 Å². The highest BCUT2D eigenvalue weighted by molar-refractivity contribution is 5.68. The summed E-state index contributed by atoms with van der Waals surface area (Å²) < 4.78 is 11.0. The summed E-state index contributed by atoms with van der Waals surface area (Å²) in [4.78, 5) is 13.5. The fraction of sp³-hybridized carbons (Fsp3) is 0.500. The van der Waals surface area contributed by atoms with Crippen molar-refractivity contribution in [2.45, 2.75) is 25.4 Å². The van der Waals surface area contributed by atoms with Crippen molar-refractivity contribution in [2.24, 2.45) is 0 Å². The number of piperidine rings is 1. The van der Waals surface area contributed by atoms with Crippen molar-refractivity contribution in [1.29, 1.82) is 0 Å². The van der Waals surface area contributed by atoms with Gasteiger partial charge in [0.1, 0.15) is 11.9 Å². The number of para-hydroxylation sites is 1. The maximum absolute atomic E-state index is 11.8. The summed E-state index contributed by atoms with van der Waals surface area (Å²) in [6.45, 7) is 3.67. The monoisotopic (exact) mass is 247 g/mol. The Morgan fingerprint density at radius 1 is 1.50 bits per heavy atom. The highest BCUT2D eigenvalue weighted by Gasteiger charge is 2.40. The van der Waals surface area contributed by atoms with Crippen molar-refractivity contribution < 1.29 is 14.3 Å². The molecule has 4 nitrogen and oxygen atoms in total. The smallest absolute Gasteiger partial charge is 0.409 e. The van der Waals surface area contributed by atoms with E-state index in [4.69, 9.17) is 9.47 Å². The van der Waals surface area contributed by atoms with Gasteiger partial charge in [-0.15, -0.1) is 0 Å². The second-order valence-electron chi connectivity index (χ2n) is 4.73. The standard InChI is InChI=1S/C14H17NO3/c1-2-17-14(16)15-8-7-13-11(9-15)10-5-3-4-6-12(10)18-13/h3-6,11,13H,2,7-9H2,1H3. The first-order valence-electron chi connectivity index (χ1n) is 6.47. The predicted octanol–water partition coefficient (Wildman–Crippen LogP) is 2.39. The normalized spacial score (nSPS) is 25.1. The minimum absolute atomic E-state index is 0.208. The van der Waals surface area contributed by atoms with E-state index in [0.29, 0.717) is 25.6 Å². The fourth-order valence-corrected chi connectivity index (χ4v) is 2.81. The van der Waals surface area contributed by atoms with E-state index in [1.807, 2.05) is 25.1 Å². The highest BCUT2D eigenvalue weighted by atomic mass is 16.6. The summed E-state index contributed by atoms with van der Waals surface area (Å²) >= 11 is 0. The number of likely N-dealkylation sites (tertiary alicyclic amines) is 1. The van der Waals surface area contributed by atoms with Gasteiger partial charge in [0.25, 0.3) is 0 Å². The van der Waals surface area contributed by atoms with E-state index in [-0.39, 0.29) is 12.2 Å². The molecule has 0 aliphatic carbocycles. The number of ether oxygens (including phenoxy) is 2. The quantitative estimate of drug-likeness (QED) is 0.765. The van der Waals surface area contributed by atoms with Crippen LogP contribution in [0.25, 0.3) is 0 Å². The van der Waals surface area contributed by atoms with E-state index < -0.39 is 0 Å². The Labute approximate surface area is 106 Å². The van der Waals surface area contributed by atoms with Crippen molar-refractivity contribution in [3.05, 3.63) is 29.8 Å².